The van der Waals surface area contributed by atoms with E-state index in [4.69, 9.17) is 9.26 Å². The molecule has 6 heteroatoms. The van der Waals surface area contributed by atoms with E-state index in [1.807, 2.05) is 12.1 Å². The second-order valence-electron chi connectivity index (χ2n) is 6.36. The second-order valence-corrected chi connectivity index (χ2v) is 6.36. The molecule has 0 aliphatic rings. The third-order valence-electron chi connectivity index (χ3n) is 4.19. The molecule has 140 valence electrons. The number of benzene rings is 2. The van der Waals surface area contributed by atoms with Gasteiger partial charge in [0.15, 0.2) is 5.76 Å². The molecule has 0 aliphatic carbocycles. The Bertz CT molecular complexity index is 962. The molecule has 0 fully saturated rings. The van der Waals surface area contributed by atoms with E-state index in [9.17, 15) is 13.6 Å². The highest BCUT2D eigenvalue weighted by atomic mass is 19.1. The average molecular weight is 371 g/mol. The maximum Gasteiger partial charge on any atom is 0.344 e. The molecule has 0 atom stereocenters. The Morgan fingerprint density at radius 1 is 1.15 bits per heavy atom. The first-order valence-electron chi connectivity index (χ1n) is 8.65. The number of hydrogen-bond acceptors (Lipinski definition) is 4. The van der Waals surface area contributed by atoms with Crippen molar-refractivity contribution in [1.82, 2.24) is 5.16 Å². The zero-order valence-corrected chi connectivity index (χ0v) is 15.3. The minimum Gasteiger partial charge on any atom is -0.462 e. The minimum absolute atomic E-state index is 0.0290. The largest absolute Gasteiger partial charge is 0.462 e. The molecule has 3 rings (SSSR count). The van der Waals surface area contributed by atoms with Gasteiger partial charge in [-0.1, -0.05) is 43.3 Å². The summed E-state index contributed by atoms with van der Waals surface area (Å²) in [7, 11) is 0. The molecule has 0 aliphatic heterocycles. The molecule has 0 radical (unpaired) electrons. The predicted octanol–water partition coefficient (Wildman–Crippen LogP) is 5.59. The molecule has 0 unspecified atom stereocenters. The van der Waals surface area contributed by atoms with Gasteiger partial charge < -0.3 is 9.26 Å². The van der Waals surface area contributed by atoms with E-state index in [0.717, 1.165) is 23.8 Å². The summed E-state index contributed by atoms with van der Waals surface area (Å²) < 4.78 is 38.3. The van der Waals surface area contributed by atoms with E-state index < -0.39 is 17.6 Å². The number of halogens is 2. The number of ether oxygens (including phenoxy) is 1. The van der Waals surface area contributed by atoms with Crippen LogP contribution in [0.1, 0.15) is 42.6 Å². The number of carbonyl (C=O) groups is 1. The van der Waals surface area contributed by atoms with E-state index in [1.165, 1.54) is 0 Å². The maximum absolute atomic E-state index is 14.2. The van der Waals surface area contributed by atoms with Crippen LogP contribution in [0.5, 0.6) is 0 Å². The SMILES string of the molecule is CCOC(=O)c1c(-c2cc(F)ccc2F)noc1-c1ccc(C(C)C)cc1. The zero-order valence-electron chi connectivity index (χ0n) is 15.3. The zero-order chi connectivity index (χ0) is 19.6. The van der Waals surface area contributed by atoms with Gasteiger partial charge in [0.05, 0.1) is 6.61 Å². The summed E-state index contributed by atoms with van der Waals surface area (Å²) in [4.78, 5) is 12.5. The number of esters is 1. The fourth-order valence-corrected chi connectivity index (χ4v) is 2.76. The summed E-state index contributed by atoms with van der Waals surface area (Å²) in [5.74, 6) is -1.57. The van der Waals surface area contributed by atoms with Crippen LogP contribution >= 0.6 is 0 Å². The van der Waals surface area contributed by atoms with Gasteiger partial charge in [-0.25, -0.2) is 13.6 Å². The van der Waals surface area contributed by atoms with Crippen LogP contribution in [0, 0.1) is 11.6 Å². The van der Waals surface area contributed by atoms with Crippen molar-refractivity contribution in [2.45, 2.75) is 26.7 Å². The third kappa shape index (κ3) is 3.74. The highest BCUT2D eigenvalue weighted by Gasteiger charge is 2.28. The van der Waals surface area contributed by atoms with Crippen molar-refractivity contribution in [2.24, 2.45) is 0 Å². The Hall–Kier alpha value is -3.02. The van der Waals surface area contributed by atoms with Gasteiger partial charge in [-0.3, -0.25) is 0 Å². The van der Waals surface area contributed by atoms with Crippen LogP contribution in [0.3, 0.4) is 0 Å². The lowest BCUT2D eigenvalue weighted by atomic mass is 9.98. The molecule has 1 heterocycles. The number of hydrogen-bond donors (Lipinski definition) is 0. The first kappa shape index (κ1) is 18.8. The van der Waals surface area contributed by atoms with Crippen molar-refractivity contribution in [3.63, 3.8) is 0 Å². The van der Waals surface area contributed by atoms with Crippen molar-refractivity contribution in [2.75, 3.05) is 6.61 Å². The quantitative estimate of drug-likeness (QED) is 0.549. The third-order valence-corrected chi connectivity index (χ3v) is 4.19. The van der Waals surface area contributed by atoms with E-state index >= 15 is 0 Å². The summed E-state index contributed by atoms with van der Waals surface area (Å²) in [6.45, 7) is 5.92. The van der Waals surface area contributed by atoms with Gasteiger partial charge in [0, 0.05) is 11.1 Å². The van der Waals surface area contributed by atoms with Crippen LogP contribution in [0.2, 0.25) is 0 Å². The summed E-state index contributed by atoms with van der Waals surface area (Å²) in [5.41, 5.74) is 1.43. The molecule has 0 bridgehead atoms. The van der Waals surface area contributed by atoms with Crippen LogP contribution in [0.4, 0.5) is 8.78 Å². The van der Waals surface area contributed by atoms with Gasteiger partial charge in [0.25, 0.3) is 0 Å². The first-order valence-corrected chi connectivity index (χ1v) is 8.65. The van der Waals surface area contributed by atoms with Crippen LogP contribution in [0.25, 0.3) is 22.6 Å². The summed E-state index contributed by atoms with van der Waals surface area (Å²) >= 11 is 0. The lowest BCUT2D eigenvalue weighted by Gasteiger charge is -2.07. The molecule has 27 heavy (non-hydrogen) atoms. The Balaban J connectivity index is 2.16. The average Bonchev–Trinajstić information content (AvgIpc) is 3.09. The normalized spacial score (nSPS) is 11.0. The Morgan fingerprint density at radius 2 is 1.85 bits per heavy atom. The van der Waals surface area contributed by atoms with E-state index in [0.29, 0.717) is 11.5 Å². The molecule has 1 aromatic heterocycles. The molecule has 0 spiro atoms. The fraction of sp³-hybridized carbons (Fsp3) is 0.238. The summed E-state index contributed by atoms with van der Waals surface area (Å²) in [5, 5.41) is 3.84. The summed E-state index contributed by atoms with van der Waals surface area (Å²) in [6.07, 6.45) is 0. The van der Waals surface area contributed by atoms with Gasteiger partial charge in [0.2, 0.25) is 0 Å². The second kappa shape index (κ2) is 7.70. The topological polar surface area (TPSA) is 52.3 Å². The summed E-state index contributed by atoms with van der Waals surface area (Å²) in [6, 6.07) is 10.4. The Labute approximate surface area is 155 Å². The first-order chi connectivity index (χ1) is 12.9. The molecule has 2 aromatic carbocycles. The van der Waals surface area contributed by atoms with Gasteiger partial charge in [-0.15, -0.1) is 0 Å². The lowest BCUT2D eigenvalue weighted by molar-refractivity contribution is 0.0527. The van der Waals surface area contributed by atoms with Crippen LogP contribution < -0.4 is 0 Å². The monoisotopic (exact) mass is 371 g/mol. The molecular formula is C21H19F2NO3. The van der Waals surface area contributed by atoms with Crippen LogP contribution in [-0.2, 0) is 4.74 Å². The van der Waals surface area contributed by atoms with Crippen molar-refractivity contribution in [3.05, 3.63) is 65.2 Å². The van der Waals surface area contributed by atoms with Gasteiger partial charge in [-0.05, 0) is 36.6 Å². The standard InChI is InChI=1S/C21H19F2NO3/c1-4-26-21(25)18-19(16-11-15(22)9-10-17(16)23)24-27-20(18)14-7-5-13(6-8-14)12(2)3/h5-12H,4H2,1-3H3. The number of carbonyl (C=O) groups excluding carboxylic acids is 1. The van der Waals surface area contributed by atoms with E-state index in [2.05, 4.69) is 19.0 Å². The fourth-order valence-electron chi connectivity index (χ4n) is 2.76. The maximum atomic E-state index is 14.2. The van der Waals surface area contributed by atoms with E-state index in [-0.39, 0.29) is 29.2 Å². The number of aromatic nitrogens is 1. The van der Waals surface area contributed by atoms with Crippen LogP contribution in [0.15, 0.2) is 47.0 Å². The molecule has 4 nitrogen and oxygen atoms in total. The smallest absolute Gasteiger partial charge is 0.344 e. The molecule has 0 saturated carbocycles. The van der Waals surface area contributed by atoms with Gasteiger partial charge >= 0.3 is 5.97 Å². The molecular weight excluding hydrogens is 352 g/mol. The molecule has 0 saturated heterocycles. The van der Waals surface area contributed by atoms with Crippen molar-refractivity contribution < 1.29 is 22.8 Å². The highest BCUT2D eigenvalue weighted by Crippen LogP contribution is 2.35. The minimum atomic E-state index is -0.711. The molecule has 0 amide bonds. The van der Waals surface area contributed by atoms with Gasteiger partial charge in [0.1, 0.15) is 22.9 Å². The Morgan fingerprint density at radius 3 is 2.48 bits per heavy atom. The van der Waals surface area contributed by atoms with Crippen molar-refractivity contribution >= 4 is 5.97 Å². The number of rotatable bonds is 5. The van der Waals surface area contributed by atoms with Crippen molar-refractivity contribution in [3.8, 4) is 22.6 Å². The lowest BCUT2D eigenvalue weighted by Crippen LogP contribution is -2.07. The van der Waals surface area contributed by atoms with Crippen molar-refractivity contribution in [1.29, 1.82) is 0 Å². The Kier molecular flexibility index (Phi) is 5.35. The molecule has 0 N–H and O–H groups in total. The van der Waals surface area contributed by atoms with E-state index in [1.54, 1.807) is 19.1 Å². The number of nitrogens with zero attached hydrogens (tertiary/aromatic N) is 1. The molecule has 3 aromatic rings. The highest BCUT2D eigenvalue weighted by molar-refractivity contribution is 6.01. The van der Waals surface area contributed by atoms with Crippen LogP contribution in [-0.4, -0.2) is 17.7 Å². The van der Waals surface area contributed by atoms with Gasteiger partial charge in [-0.2, -0.15) is 0 Å². The predicted molar refractivity (Wildman–Crippen MR) is 97.3 cm³/mol.